The van der Waals surface area contributed by atoms with Crippen molar-refractivity contribution in [2.24, 2.45) is 12.9 Å². The van der Waals surface area contributed by atoms with Crippen LogP contribution in [0.2, 0.25) is 0 Å². The standard InChI is InChI=1S/C11H13N5O2/c1-15-5-4-10(17)16(11(15)18)7-8-2-3-9(14-12)13-6-8/h2-6H,7,12H2,1H3,(H,13,14). The van der Waals surface area contributed by atoms with Crippen LogP contribution in [0.15, 0.2) is 40.2 Å². The van der Waals surface area contributed by atoms with Crippen molar-refractivity contribution in [2.45, 2.75) is 6.54 Å². The molecule has 0 amide bonds. The van der Waals surface area contributed by atoms with Gasteiger partial charge in [-0.05, 0) is 11.6 Å². The third-order valence-corrected chi connectivity index (χ3v) is 2.55. The Bertz CT molecular complexity index is 656. The zero-order chi connectivity index (χ0) is 13.1. The Morgan fingerprint density at radius 3 is 2.72 bits per heavy atom. The molecule has 0 unspecified atom stereocenters. The van der Waals surface area contributed by atoms with E-state index in [1.54, 1.807) is 25.4 Å². The molecule has 18 heavy (non-hydrogen) atoms. The van der Waals surface area contributed by atoms with Crippen LogP contribution in [-0.2, 0) is 13.6 Å². The van der Waals surface area contributed by atoms with Gasteiger partial charge in [0.1, 0.15) is 5.82 Å². The molecule has 94 valence electrons. The minimum Gasteiger partial charge on any atom is -0.308 e. The molecular weight excluding hydrogens is 234 g/mol. The van der Waals surface area contributed by atoms with Crippen molar-refractivity contribution in [1.29, 1.82) is 0 Å². The SMILES string of the molecule is Cn1ccc(=O)n(Cc2ccc(NN)nc2)c1=O. The van der Waals surface area contributed by atoms with Crippen molar-refractivity contribution < 1.29 is 0 Å². The zero-order valence-corrected chi connectivity index (χ0v) is 9.83. The minimum atomic E-state index is -0.358. The molecule has 0 radical (unpaired) electrons. The number of rotatable bonds is 3. The normalized spacial score (nSPS) is 10.3. The van der Waals surface area contributed by atoms with Gasteiger partial charge in [0.25, 0.3) is 5.56 Å². The molecule has 0 aromatic carbocycles. The summed E-state index contributed by atoms with van der Waals surface area (Å²) >= 11 is 0. The quantitative estimate of drug-likeness (QED) is 0.551. The maximum Gasteiger partial charge on any atom is 0.331 e. The van der Waals surface area contributed by atoms with Gasteiger partial charge in [-0.1, -0.05) is 6.07 Å². The predicted octanol–water partition coefficient (Wildman–Crippen LogP) is -0.724. The lowest BCUT2D eigenvalue weighted by molar-refractivity contribution is 0.638. The molecule has 2 aromatic heterocycles. The number of pyridine rings is 1. The van der Waals surface area contributed by atoms with Crippen LogP contribution in [-0.4, -0.2) is 14.1 Å². The van der Waals surface area contributed by atoms with Gasteiger partial charge >= 0.3 is 5.69 Å². The van der Waals surface area contributed by atoms with Gasteiger partial charge < -0.3 is 9.99 Å². The van der Waals surface area contributed by atoms with E-state index in [9.17, 15) is 9.59 Å². The van der Waals surface area contributed by atoms with Gasteiger partial charge in [-0.15, -0.1) is 0 Å². The van der Waals surface area contributed by atoms with Crippen LogP contribution in [0.4, 0.5) is 5.82 Å². The summed E-state index contributed by atoms with van der Waals surface area (Å²) in [5.41, 5.74) is 2.46. The number of nitrogens with zero attached hydrogens (tertiary/aromatic N) is 3. The zero-order valence-electron chi connectivity index (χ0n) is 9.83. The maximum absolute atomic E-state index is 11.8. The molecular formula is C11H13N5O2. The maximum atomic E-state index is 11.8. The van der Waals surface area contributed by atoms with Gasteiger partial charge in [0.15, 0.2) is 0 Å². The molecule has 0 aliphatic heterocycles. The smallest absolute Gasteiger partial charge is 0.308 e. The fraction of sp³-hybridized carbons (Fsp3) is 0.182. The molecule has 0 spiro atoms. The second-order valence-corrected chi connectivity index (χ2v) is 3.83. The first-order valence-corrected chi connectivity index (χ1v) is 5.30. The molecule has 0 aliphatic carbocycles. The highest BCUT2D eigenvalue weighted by Gasteiger charge is 2.04. The van der Waals surface area contributed by atoms with E-state index in [1.807, 2.05) is 0 Å². The summed E-state index contributed by atoms with van der Waals surface area (Å²) in [6.07, 6.45) is 3.01. The predicted molar refractivity (Wildman–Crippen MR) is 67.1 cm³/mol. The molecule has 3 N–H and O–H groups in total. The van der Waals surface area contributed by atoms with Gasteiger partial charge in [0.2, 0.25) is 0 Å². The summed E-state index contributed by atoms with van der Waals surface area (Å²) in [7, 11) is 1.60. The van der Waals surface area contributed by atoms with Crippen molar-refractivity contribution >= 4 is 5.82 Å². The largest absolute Gasteiger partial charge is 0.331 e. The number of anilines is 1. The third-order valence-electron chi connectivity index (χ3n) is 2.55. The van der Waals surface area contributed by atoms with Gasteiger partial charge in [0.05, 0.1) is 6.54 Å². The lowest BCUT2D eigenvalue weighted by Gasteiger charge is -2.06. The molecule has 0 atom stereocenters. The first-order chi connectivity index (χ1) is 8.61. The summed E-state index contributed by atoms with van der Waals surface area (Å²) in [4.78, 5) is 27.4. The Morgan fingerprint density at radius 2 is 2.11 bits per heavy atom. The number of nitrogens with two attached hydrogens (primary N) is 1. The monoisotopic (exact) mass is 247 g/mol. The molecule has 0 saturated carbocycles. The number of nitrogen functional groups attached to an aromatic ring is 1. The van der Waals surface area contributed by atoms with E-state index in [1.165, 1.54) is 16.8 Å². The molecule has 2 heterocycles. The van der Waals surface area contributed by atoms with E-state index in [0.29, 0.717) is 5.82 Å². The van der Waals surface area contributed by atoms with Gasteiger partial charge in [-0.3, -0.25) is 9.36 Å². The number of hydrazine groups is 1. The highest BCUT2D eigenvalue weighted by atomic mass is 16.2. The summed E-state index contributed by atoms with van der Waals surface area (Å²) < 4.78 is 2.50. The highest BCUT2D eigenvalue weighted by Crippen LogP contribution is 2.03. The van der Waals surface area contributed by atoms with Gasteiger partial charge in [0, 0.05) is 25.5 Å². The first-order valence-electron chi connectivity index (χ1n) is 5.30. The van der Waals surface area contributed by atoms with Crippen molar-refractivity contribution in [1.82, 2.24) is 14.1 Å². The van der Waals surface area contributed by atoms with E-state index in [2.05, 4.69) is 10.4 Å². The average molecular weight is 247 g/mol. The summed E-state index contributed by atoms with van der Waals surface area (Å²) in [5.74, 6) is 5.72. The van der Waals surface area contributed by atoms with Crippen LogP contribution in [0.1, 0.15) is 5.56 Å². The molecule has 0 aliphatic rings. The molecule has 2 rings (SSSR count). The Morgan fingerprint density at radius 1 is 1.33 bits per heavy atom. The molecule has 2 aromatic rings. The van der Waals surface area contributed by atoms with Crippen molar-refractivity contribution in [2.75, 3.05) is 5.43 Å². The van der Waals surface area contributed by atoms with E-state index in [4.69, 9.17) is 5.84 Å². The Kier molecular flexibility index (Phi) is 3.24. The van der Waals surface area contributed by atoms with Crippen LogP contribution < -0.4 is 22.5 Å². The second kappa shape index (κ2) is 4.84. The first kappa shape index (κ1) is 12.1. The lowest BCUT2D eigenvalue weighted by atomic mass is 10.3. The highest BCUT2D eigenvalue weighted by molar-refractivity contribution is 5.33. The molecule has 0 saturated heterocycles. The molecule has 0 bridgehead atoms. The van der Waals surface area contributed by atoms with Crippen LogP contribution in [0.5, 0.6) is 0 Å². The minimum absolute atomic E-state index is 0.185. The van der Waals surface area contributed by atoms with Crippen molar-refractivity contribution in [3.63, 3.8) is 0 Å². The van der Waals surface area contributed by atoms with Gasteiger partial charge in [-0.2, -0.15) is 0 Å². The van der Waals surface area contributed by atoms with E-state index < -0.39 is 0 Å². The topological polar surface area (TPSA) is 94.9 Å². The fourth-order valence-electron chi connectivity index (χ4n) is 1.55. The van der Waals surface area contributed by atoms with Crippen molar-refractivity contribution in [3.05, 3.63) is 57.0 Å². The molecule has 7 nitrogen and oxygen atoms in total. The average Bonchev–Trinajstić information content (AvgIpc) is 2.40. The Labute approximate surface area is 102 Å². The van der Waals surface area contributed by atoms with Crippen molar-refractivity contribution in [3.8, 4) is 0 Å². The second-order valence-electron chi connectivity index (χ2n) is 3.83. The number of nitrogens with one attached hydrogen (secondary N) is 1. The fourth-order valence-corrected chi connectivity index (χ4v) is 1.55. The summed E-state index contributed by atoms with van der Waals surface area (Å²) in [6, 6.07) is 4.78. The summed E-state index contributed by atoms with van der Waals surface area (Å²) in [6.45, 7) is 0.185. The van der Waals surface area contributed by atoms with E-state index >= 15 is 0 Å². The Balaban J connectivity index is 2.37. The third kappa shape index (κ3) is 2.30. The molecule has 7 heteroatoms. The van der Waals surface area contributed by atoms with Gasteiger partial charge in [-0.25, -0.2) is 15.6 Å². The Hall–Kier alpha value is -2.41. The summed E-state index contributed by atoms with van der Waals surface area (Å²) in [5, 5.41) is 0. The number of aryl methyl sites for hydroxylation is 1. The van der Waals surface area contributed by atoms with Crippen LogP contribution in [0.3, 0.4) is 0 Å². The number of hydrogen-bond acceptors (Lipinski definition) is 5. The van der Waals surface area contributed by atoms with E-state index in [0.717, 1.165) is 10.1 Å². The van der Waals surface area contributed by atoms with Crippen LogP contribution in [0, 0.1) is 0 Å². The lowest BCUT2D eigenvalue weighted by Crippen LogP contribution is -2.38. The van der Waals surface area contributed by atoms with Crippen LogP contribution in [0.25, 0.3) is 0 Å². The van der Waals surface area contributed by atoms with Crippen LogP contribution >= 0.6 is 0 Å². The number of aromatic nitrogens is 3. The molecule has 0 fully saturated rings. The van der Waals surface area contributed by atoms with E-state index in [-0.39, 0.29) is 17.8 Å². The number of hydrogen-bond donors (Lipinski definition) is 2.